The first-order valence-corrected chi connectivity index (χ1v) is 9.48. The molecule has 1 aromatic carbocycles. The standard InChI is InChI=1S/C19H23N3O2S/c1-22(12-17(23)20-15-9-10-15)13-18(24)21-19(16-8-5-11-25-16)14-6-3-2-4-7-14/h2-8,11,15,19H,9-10,12-13H2,1H3,(H,20,23)(H,21,24)/p+1/t19-/m1/s1. The lowest BCUT2D eigenvalue weighted by molar-refractivity contribution is -0.862. The molecule has 6 heteroatoms. The van der Waals surface area contributed by atoms with E-state index in [-0.39, 0.29) is 24.4 Å². The maximum atomic E-state index is 12.5. The first kappa shape index (κ1) is 17.6. The summed E-state index contributed by atoms with van der Waals surface area (Å²) in [4.78, 5) is 26.3. The van der Waals surface area contributed by atoms with E-state index in [4.69, 9.17) is 0 Å². The van der Waals surface area contributed by atoms with Crippen LogP contribution in [0, 0.1) is 0 Å². The zero-order chi connectivity index (χ0) is 17.6. The molecule has 0 aliphatic heterocycles. The minimum absolute atomic E-state index is 0.0191. The molecule has 1 saturated carbocycles. The van der Waals surface area contributed by atoms with Crippen molar-refractivity contribution in [3.63, 3.8) is 0 Å². The highest BCUT2D eigenvalue weighted by atomic mass is 32.1. The maximum Gasteiger partial charge on any atom is 0.275 e. The normalized spacial score (nSPS) is 16.0. The van der Waals surface area contributed by atoms with Gasteiger partial charge in [-0.15, -0.1) is 11.3 Å². The average molecular weight is 358 g/mol. The highest BCUT2D eigenvalue weighted by Crippen LogP contribution is 2.25. The molecule has 2 amide bonds. The van der Waals surface area contributed by atoms with Crippen LogP contribution in [0.5, 0.6) is 0 Å². The van der Waals surface area contributed by atoms with Crippen LogP contribution in [-0.4, -0.2) is 38.0 Å². The molecule has 3 rings (SSSR count). The van der Waals surface area contributed by atoms with Gasteiger partial charge in [-0.1, -0.05) is 36.4 Å². The third-order valence-corrected chi connectivity index (χ3v) is 5.07. The first-order chi connectivity index (χ1) is 12.1. The molecule has 2 aromatic rings. The lowest BCUT2D eigenvalue weighted by atomic mass is 10.1. The number of amides is 2. The third-order valence-electron chi connectivity index (χ3n) is 4.13. The fourth-order valence-corrected chi connectivity index (χ4v) is 3.55. The second-order valence-corrected chi connectivity index (χ2v) is 7.56. The molecule has 0 saturated heterocycles. The molecular formula is C19H24N3O2S+. The molecular weight excluding hydrogens is 334 g/mol. The predicted octanol–water partition coefficient (Wildman–Crippen LogP) is 0.747. The number of thiophene rings is 1. The largest absolute Gasteiger partial charge is 0.348 e. The number of quaternary nitrogens is 1. The Labute approximate surface area is 152 Å². The number of carbonyl (C=O) groups is 2. The van der Waals surface area contributed by atoms with E-state index in [1.165, 1.54) is 0 Å². The van der Waals surface area contributed by atoms with Crippen LogP contribution in [0.2, 0.25) is 0 Å². The third kappa shape index (κ3) is 5.41. The summed E-state index contributed by atoms with van der Waals surface area (Å²) in [6.45, 7) is 0.589. The van der Waals surface area contributed by atoms with Crippen molar-refractivity contribution in [2.45, 2.75) is 24.9 Å². The van der Waals surface area contributed by atoms with E-state index in [0.717, 1.165) is 28.2 Å². The summed E-state index contributed by atoms with van der Waals surface area (Å²) in [7, 11) is 1.87. The summed E-state index contributed by atoms with van der Waals surface area (Å²) in [6, 6.07) is 14.2. The lowest BCUT2D eigenvalue weighted by Gasteiger charge is -2.19. The molecule has 25 heavy (non-hydrogen) atoms. The number of benzene rings is 1. The summed E-state index contributed by atoms with van der Waals surface area (Å²) in [5, 5.41) is 8.08. The van der Waals surface area contributed by atoms with Crippen LogP contribution in [0.4, 0.5) is 0 Å². The second kappa shape index (κ2) is 8.27. The van der Waals surface area contributed by atoms with Crippen molar-refractivity contribution < 1.29 is 14.5 Å². The molecule has 5 nitrogen and oxygen atoms in total. The van der Waals surface area contributed by atoms with E-state index in [2.05, 4.69) is 10.6 Å². The topological polar surface area (TPSA) is 62.6 Å². The molecule has 0 radical (unpaired) electrons. The molecule has 1 fully saturated rings. The Bertz CT molecular complexity index is 699. The number of rotatable bonds is 8. The fraction of sp³-hybridized carbons (Fsp3) is 0.368. The SMILES string of the molecule is C[NH+](CC(=O)NC1CC1)CC(=O)N[C@H](c1ccccc1)c1cccs1. The summed E-state index contributed by atoms with van der Waals surface area (Å²) >= 11 is 1.63. The molecule has 1 heterocycles. The molecule has 1 unspecified atom stereocenters. The summed E-state index contributed by atoms with van der Waals surface area (Å²) < 4.78 is 0. The van der Waals surface area contributed by atoms with Crippen molar-refractivity contribution >= 4 is 23.2 Å². The molecule has 0 spiro atoms. The van der Waals surface area contributed by atoms with Crippen LogP contribution in [0.25, 0.3) is 0 Å². The van der Waals surface area contributed by atoms with Gasteiger partial charge in [0.05, 0.1) is 13.1 Å². The van der Waals surface area contributed by atoms with Gasteiger partial charge in [0.25, 0.3) is 11.8 Å². The van der Waals surface area contributed by atoms with Crippen LogP contribution in [0.3, 0.4) is 0 Å². The summed E-state index contributed by atoms with van der Waals surface area (Å²) in [5.41, 5.74) is 1.06. The minimum Gasteiger partial charge on any atom is -0.348 e. The van der Waals surface area contributed by atoms with Crippen molar-refractivity contribution in [1.82, 2.24) is 10.6 Å². The molecule has 132 valence electrons. The van der Waals surface area contributed by atoms with Gasteiger partial charge in [-0.2, -0.15) is 0 Å². The van der Waals surface area contributed by atoms with Gasteiger partial charge in [-0.3, -0.25) is 9.59 Å². The van der Waals surface area contributed by atoms with Gasteiger partial charge in [0, 0.05) is 10.9 Å². The predicted molar refractivity (Wildman–Crippen MR) is 98.5 cm³/mol. The van der Waals surface area contributed by atoms with Gasteiger partial charge in [0.2, 0.25) is 0 Å². The molecule has 3 N–H and O–H groups in total. The van der Waals surface area contributed by atoms with Crippen LogP contribution in [0.15, 0.2) is 47.8 Å². The van der Waals surface area contributed by atoms with Gasteiger partial charge in [0.15, 0.2) is 13.1 Å². The Balaban J connectivity index is 1.57. The van der Waals surface area contributed by atoms with E-state index < -0.39 is 0 Å². The Morgan fingerprint density at radius 2 is 1.84 bits per heavy atom. The maximum absolute atomic E-state index is 12.5. The van der Waals surface area contributed by atoms with Gasteiger partial charge in [0.1, 0.15) is 0 Å². The van der Waals surface area contributed by atoms with E-state index in [9.17, 15) is 9.59 Å². The summed E-state index contributed by atoms with van der Waals surface area (Å²) in [6.07, 6.45) is 2.15. The van der Waals surface area contributed by atoms with E-state index in [0.29, 0.717) is 12.6 Å². The zero-order valence-electron chi connectivity index (χ0n) is 14.3. The molecule has 1 aromatic heterocycles. The Morgan fingerprint density at radius 1 is 1.12 bits per heavy atom. The quantitative estimate of drug-likeness (QED) is 0.652. The van der Waals surface area contributed by atoms with Gasteiger partial charge >= 0.3 is 0 Å². The number of likely N-dealkylation sites (N-methyl/N-ethyl adjacent to an activating group) is 1. The number of carbonyl (C=O) groups excluding carboxylic acids is 2. The van der Waals surface area contributed by atoms with Crippen molar-refractivity contribution in [2.75, 3.05) is 20.1 Å². The first-order valence-electron chi connectivity index (χ1n) is 8.60. The number of hydrogen-bond donors (Lipinski definition) is 3. The Kier molecular flexibility index (Phi) is 5.83. The van der Waals surface area contributed by atoms with Crippen molar-refractivity contribution in [3.8, 4) is 0 Å². The fourth-order valence-electron chi connectivity index (χ4n) is 2.75. The average Bonchev–Trinajstić information content (AvgIpc) is 3.23. The van der Waals surface area contributed by atoms with Crippen LogP contribution in [0.1, 0.15) is 29.3 Å². The molecule has 1 aliphatic rings. The van der Waals surface area contributed by atoms with Crippen molar-refractivity contribution in [2.24, 2.45) is 0 Å². The smallest absolute Gasteiger partial charge is 0.275 e. The highest BCUT2D eigenvalue weighted by molar-refractivity contribution is 7.10. The van der Waals surface area contributed by atoms with E-state index >= 15 is 0 Å². The van der Waals surface area contributed by atoms with E-state index in [1.54, 1.807) is 11.3 Å². The van der Waals surface area contributed by atoms with E-state index in [1.807, 2.05) is 54.9 Å². The lowest BCUT2D eigenvalue weighted by Crippen LogP contribution is -3.11. The Morgan fingerprint density at radius 3 is 2.48 bits per heavy atom. The molecule has 1 aliphatic carbocycles. The van der Waals surface area contributed by atoms with Crippen LogP contribution in [-0.2, 0) is 9.59 Å². The summed E-state index contributed by atoms with van der Waals surface area (Å²) in [5.74, 6) is -0.0374. The zero-order valence-corrected chi connectivity index (χ0v) is 15.1. The molecule has 2 atom stereocenters. The number of nitrogens with one attached hydrogen (secondary N) is 3. The Hall–Kier alpha value is -2.18. The number of hydrogen-bond acceptors (Lipinski definition) is 3. The van der Waals surface area contributed by atoms with Crippen LogP contribution < -0.4 is 15.5 Å². The monoisotopic (exact) mass is 358 g/mol. The molecule has 0 bridgehead atoms. The second-order valence-electron chi connectivity index (χ2n) is 6.58. The van der Waals surface area contributed by atoms with Gasteiger partial charge < -0.3 is 15.5 Å². The minimum atomic E-state index is -0.151. The van der Waals surface area contributed by atoms with Gasteiger partial charge in [-0.05, 0) is 29.9 Å². The van der Waals surface area contributed by atoms with Crippen molar-refractivity contribution in [1.29, 1.82) is 0 Å². The van der Waals surface area contributed by atoms with Gasteiger partial charge in [-0.25, -0.2) is 0 Å². The van der Waals surface area contributed by atoms with Crippen LogP contribution >= 0.6 is 11.3 Å². The highest BCUT2D eigenvalue weighted by Gasteiger charge is 2.25. The van der Waals surface area contributed by atoms with Crippen molar-refractivity contribution in [3.05, 3.63) is 58.3 Å².